The van der Waals surface area contributed by atoms with E-state index in [1.54, 1.807) is 12.2 Å². The highest BCUT2D eigenvalue weighted by Gasteiger charge is 2.39. The van der Waals surface area contributed by atoms with Gasteiger partial charge in [-0.25, -0.2) is 4.57 Å². The first kappa shape index (κ1) is 51.6. The van der Waals surface area contributed by atoms with Gasteiger partial charge in [0.1, 0.15) is 18.9 Å². The number of likely N-dealkylation sites (N-methyl/N-ethyl adjacent to an activating group) is 1. The Bertz CT molecular complexity index is 1110. The predicted octanol–water partition coefficient (Wildman–Crippen LogP) is 8.33. The fourth-order valence-corrected chi connectivity index (χ4v) is 7.70. The van der Waals surface area contributed by atoms with Crippen molar-refractivity contribution in [3.63, 3.8) is 0 Å². The van der Waals surface area contributed by atoms with Crippen LogP contribution in [0.25, 0.3) is 0 Å². The summed E-state index contributed by atoms with van der Waals surface area (Å²) in [6.07, 6.45) is 27.0. The van der Waals surface area contributed by atoms with Crippen LogP contribution >= 0.6 is 7.82 Å². The van der Waals surface area contributed by atoms with Gasteiger partial charge in [-0.3, -0.25) is 18.6 Å². The van der Waals surface area contributed by atoms with E-state index in [-0.39, 0.29) is 43.7 Å². The highest BCUT2D eigenvalue weighted by molar-refractivity contribution is 7.47. The average Bonchev–Trinajstić information content (AvgIpc) is 3.39. The van der Waals surface area contributed by atoms with Gasteiger partial charge in [-0.1, -0.05) is 141 Å². The van der Waals surface area contributed by atoms with Crippen molar-refractivity contribution in [1.82, 2.24) is 5.32 Å². The van der Waals surface area contributed by atoms with Crippen LogP contribution in [0.2, 0.25) is 0 Å². The number of phosphoric acid groups is 1. The largest absolute Gasteiger partial charge is 0.472 e. The van der Waals surface area contributed by atoms with Crippen molar-refractivity contribution >= 4 is 19.5 Å². The first-order valence-corrected chi connectivity index (χ1v) is 23.3. The number of hydrogen-bond donors (Lipinski definition) is 5. The smallest absolute Gasteiger partial charge is 0.392 e. The van der Waals surface area contributed by atoms with E-state index in [0.29, 0.717) is 43.1 Å². The Morgan fingerprint density at radius 1 is 0.855 bits per heavy atom. The number of nitrogens with one attached hydrogen (secondary N) is 1. The van der Waals surface area contributed by atoms with E-state index >= 15 is 0 Å². The Kier molecular flexibility index (Phi) is 28.7. The second-order valence-electron chi connectivity index (χ2n) is 16.9. The van der Waals surface area contributed by atoms with Crippen molar-refractivity contribution in [2.24, 2.45) is 11.8 Å². The first-order chi connectivity index (χ1) is 26.2. The monoisotopic (exact) mass is 802 g/mol. The van der Waals surface area contributed by atoms with Crippen LogP contribution < -0.4 is 5.32 Å². The zero-order valence-electron chi connectivity index (χ0n) is 35.4. The third-order valence-electron chi connectivity index (χ3n) is 10.6. The third kappa shape index (κ3) is 27.0. The van der Waals surface area contributed by atoms with Crippen LogP contribution in [-0.4, -0.2) is 102 Å². The Balaban J connectivity index is 2.56. The van der Waals surface area contributed by atoms with E-state index in [1.807, 2.05) is 33.3 Å². The lowest BCUT2D eigenvalue weighted by Gasteiger charge is -2.26. The summed E-state index contributed by atoms with van der Waals surface area (Å²) < 4.78 is 23.6. The minimum Gasteiger partial charge on any atom is -0.392 e. The highest BCUT2D eigenvalue weighted by Crippen LogP contribution is 2.43. The molecule has 1 rings (SSSR count). The maximum Gasteiger partial charge on any atom is 0.472 e. The molecule has 1 fully saturated rings. The first-order valence-electron chi connectivity index (χ1n) is 21.8. The van der Waals surface area contributed by atoms with Crippen LogP contribution in [0, 0.1) is 11.8 Å². The molecular weight excluding hydrogens is 719 g/mol. The zero-order valence-corrected chi connectivity index (χ0v) is 36.3. The fourth-order valence-electron chi connectivity index (χ4n) is 6.97. The van der Waals surface area contributed by atoms with Gasteiger partial charge in [0.2, 0.25) is 5.91 Å². The molecule has 1 amide bonds. The molecule has 1 unspecified atom stereocenters. The lowest BCUT2D eigenvalue weighted by Crippen LogP contribution is -2.46. The third-order valence-corrected chi connectivity index (χ3v) is 11.6. The van der Waals surface area contributed by atoms with Gasteiger partial charge in [0.05, 0.1) is 52.1 Å². The second kappa shape index (κ2) is 30.6. The summed E-state index contributed by atoms with van der Waals surface area (Å²) >= 11 is 0. The number of nitrogens with zero attached hydrogens (tertiary/aromatic N) is 1. The quantitative estimate of drug-likeness (QED) is 0.0184. The van der Waals surface area contributed by atoms with Gasteiger partial charge in [-0.05, 0) is 32.1 Å². The Hall–Kier alpha value is -1.43. The number of aliphatic hydroxyl groups is 3. The number of aliphatic hydroxyl groups excluding tert-OH is 3. The lowest BCUT2D eigenvalue weighted by atomic mass is 9.90. The summed E-state index contributed by atoms with van der Waals surface area (Å²) in [5.41, 5.74) is 0. The second-order valence-corrected chi connectivity index (χ2v) is 18.3. The molecule has 1 aliphatic carbocycles. The van der Waals surface area contributed by atoms with Gasteiger partial charge in [0, 0.05) is 24.7 Å². The van der Waals surface area contributed by atoms with Gasteiger partial charge < -0.3 is 30.0 Å². The molecule has 1 aliphatic rings. The molecule has 12 heteroatoms. The number of hydrogen-bond acceptors (Lipinski definition) is 8. The van der Waals surface area contributed by atoms with Gasteiger partial charge in [-0.15, -0.1) is 0 Å². The number of ketones is 1. The Morgan fingerprint density at radius 2 is 1.42 bits per heavy atom. The number of unbranched alkanes of at least 4 members (excludes halogenated alkanes) is 15. The number of carbonyl (C=O) groups excluding carboxylic acids is 2. The Morgan fingerprint density at radius 3 is 2.02 bits per heavy atom. The molecule has 11 nitrogen and oxygen atoms in total. The number of phosphoric ester groups is 1. The average molecular weight is 802 g/mol. The van der Waals surface area contributed by atoms with E-state index in [4.69, 9.17) is 9.05 Å². The van der Waals surface area contributed by atoms with Gasteiger partial charge in [-0.2, -0.15) is 0 Å². The molecule has 5 N–H and O–H groups in total. The zero-order chi connectivity index (χ0) is 41.0. The van der Waals surface area contributed by atoms with Crippen LogP contribution in [0.4, 0.5) is 0 Å². The predicted molar refractivity (Wildman–Crippen MR) is 222 cm³/mol. The van der Waals surface area contributed by atoms with Crippen LogP contribution in [0.1, 0.15) is 162 Å². The number of quaternary nitrogens is 1. The summed E-state index contributed by atoms with van der Waals surface area (Å²) in [6, 6.07) is -0.862. The summed E-state index contributed by atoms with van der Waals surface area (Å²) in [7, 11) is 1.45. The van der Waals surface area contributed by atoms with E-state index in [2.05, 4.69) is 19.2 Å². The van der Waals surface area contributed by atoms with Crippen molar-refractivity contribution in [1.29, 1.82) is 0 Å². The van der Waals surface area contributed by atoms with E-state index in [1.165, 1.54) is 64.2 Å². The van der Waals surface area contributed by atoms with Crippen LogP contribution in [-0.2, 0) is 23.2 Å². The minimum atomic E-state index is -4.38. The van der Waals surface area contributed by atoms with Crippen molar-refractivity contribution in [3.05, 3.63) is 24.3 Å². The molecule has 0 bridgehead atoms. The standard InChI is InChI=1S/C43H81N2O9P/c1-6-8-10-11-12-13-14-15-16-17-18-19-24-28-40(47)39(35-54-55(51,52)53-33-32-45(3,4)5)44-43(50)29-25-21-20-23-27-37-38(42(49)34-41(37)48)31-30-36(46)26-22-9-7-2/h20,23,30-31,36-41,46-48H,6-19,21-22,24-29,32-35H2,1-5H3,(H-,44,50,51,52)/p+1/b23-20-,31-30+/t36-,37+,38+,39-,40+,41-/m0/s1. The molecule has 55 heavy (non-hydrogen) atoms. The lowest BCUT2D eigenvalue weighted by molar-refractivity contribution is -0.870. The van der Waals surface area contributed by atoms with E-state index in [0.717, 1.165) is 38.5 Å². The topological polar surface area (TPSA) is 163 Å². The number of rotatable bonds is 35. The molecule has 0 aromatic rings. The van der Waals surface area contributed by atoms with Crippen LogP contribution in [0.5, 0.6) is 0 Å². The summed E-state index contributed by atoms with van der Waals surface area (Å²) in [5, 5.41) is 34.7. The minimum absolute atomic E-state index is 0.0114. The van der Waals surface area contributed by atoms with Crippen molar-refractivity contribution in [2.45, 2.75) is 186 Å². The van der Waals surface area contributed by atoms with Crippen molar-refractivity contribution in [3.8, 4) is 0 Å². The molecule has 7 atom stereocenters. The van der Waals surface area contributed by atoms with Gasteiger partial charge in [0.25, 0.3) is 0 Å². The van der Waals surface area contributed by atoms with E-state index in [9.17, 15) is 34.4 Å². The molecule has 1 saturated carbocycles. The van der Waals surface area contributed by atoms with Crippen LogP contribution in [0.15, 0.2) is 24.3 Å². The molecule has 322 valence electrons. The summed E-state index contributed by atoms with van der Waals surface area (Å²) in [6.45, 7) is 4.53. The van der Waals surface area contributed by atoms with Crippen molar-refractivity contribution < 1.29 is 47.9 Å². The fraction of sp³-hybridized carbons (Fsp3) is 0.860. The number of Topliss-reactive ketones (excluding diaryl/α,β-unsaturated/α-hetero) is 1. The SMILES string of the molecule is CCCCCCCCCCCCCCC[C@@H](O)[C@H](COP(=O)(O)OCC[N+](C)(C)C)NC(=O)CCC/C=C\C[C@H]1[C@@H](O)CC(=O)[C@@H]1/C=C/[C@@H](O)CCCCC. The molecule has 0 saturated heterocycles. The number of amides is 1. The summed E-state index contributed by atoms with van der Waals surface area (Å²) in [4.78, 5) is 35.8. The molecule has 0 aliphatic heterocycles. The summed E-state index contributed by atoms with van der Waals surface area (Å²) in [5.74, 6) is -0.969. The van der Waals surface area contributed by atoms with Gasteiger partial charge in [0.15, 0.2) is 0 Å². The van der Waals surface area contributed by atoms with Gasteiger partial charge >= 0.3 is 7.82 Å². The number of carbonyl (C=O) groups is 2. The van der Waals surface area contributed by atoms with Crippen LogP contribution in [0.3, 0.4) is 0 Å². The number of allylic oxidation sites excluding steroid dienone is 3. The highest BCUT2D eigenvalue weighted by atomic mass is 31.2. The van der Waals surface area contributed by atoms with E-state index < -0.39 is 38.1 Å². The Labute approximate surface area is 334 Å². The maximum atomic E-state index is 13.0. The van der Waals surface area contributed by atoms with Crippen molar-refractivity contribution in [2.75, 3.05) is 40.9 Å². The normalized spacial score (nSPS) is 20.7. The molecular formula is C43H82N2O9P+. The molecule has 0 aromatic heterocycles. The molecule has 0 aromatic carbocycles. The molecule has 0 radical (unpaired) electrons. The molecule has 0 heterocycles. The maximum absolute atomic E-state index is 13.0. The molecule has 0 spiro atoms.